The first-order valence-corrected chi connectivity index (χ1v) is 5.75. The van der Waals surface area contributed by atoms with E-state index in [0.29, 0.717) is 0 Å². The molecule has 0 amide bonds. The van der Waals surface area contributed by atoms with Crippen molar-refractivity contribution in [2.45, 2.75) is 20.4 Å². The molecule has 0 radical (unpaired) electrons. The lowest BCUT2D eigenvalue weighted by atomic mass is 10.3. The number of anilines is 1. The zero-order chi connectivity index (χ0) is 10.7. The van der Waals surface area contributed by atoms with Crippen LogP contribution in [-0.4, -0.2) is 9.97 Å². The Morgan fingerprint density at radius 1 is 1.33 bits per heavy atom. The van der Waals surface area contributed by atoms with E-state index >= 15 is 0 Å². The van der Waals surface area contributed by atoms with Gasteiger partial charge in [-0.15, -0.1) is 0 Å². The molecule has 0 aliphatic carbocycles. The van der Waals surface area contributed by atoms with E-state index < -0.39 is 0 Å². The Hall–Kier alpha value is -1.42. The average Bonchev–Trinajstić information content (AvgIpc) is 2.73. The summed E-state index contributed by atoms with van der Waals surface area (Å²) in [6.45, 7) is 4.74. The fourth-order valence-corrected chi connectivity index (χ4v) is 1.88. The Kier molecular flexibility index (Phi) is 2.97. The molecule has 2 rings (SSSR count). The first-order valence-electron chi connectivity index (χ1n) is 4.81. The van der Waals surface area contributed by atoms with Crippen molar-refractivity contribution in [2.24, 2.45) is 0 Å². The Bertz CT molecular complexity index is 437. The van der Waals surface area contributed by atoms with Crippen molar-refractivity contribution in [3.05, 3.63) is 40.0 Å². The Labute approximate surface area is 93.2 Å². The number of hydrogen-bond acceptors (Lipinski definition) is 4. The van der Waals surface area contributed by atoms with E-state index in [1.165, 1.54) is 5.56 Å². The topological polar surface area (TPSA) is 37.8 Å². The molecular formula is C11H13N3S. The second kappa shape index (κ2) is 4.40. The van der Waals surface area contributed by atoms with Crippen LogP contribution in [0.15, 0.2) is 23.0 Å². The van der Waals surface area contributed by atoms with E-state index in [-0.39, 0.29) is 0 Å². The minimum atomic E-state index is 0.806. The van der Waals surface area contributed by atoms with Crippen molar-refractivity contribution in [1.29, 1.82) is 0 Å². The largest absolute Gasteiger partial charge is 0.365 e. The second-order valence-corrected chi connectivity index (χ2v) is 4.19. The predicted molar refractivity (Wildman–Crippen MR) is 63.2 cm³/mol. The highest BCUT2D eigenvalue weighted by Gasteiger charge is 1.99. The zero-order valence-corrected chi connectivity index (χ0v) is 9.64. The molecule has 0 bridgehead atoms. The SMILES string of the molecule is Cc1ncc(NCc2ccsc2)nc1C. The molecule has 0 saturated carbocycles. The summed E-state index contributed by atoms with van der Waals surface area (Å²) in [5.41, 5.74) is 3.24. The summed E-state index contributed by atoms with van der Waals surface area (Å²) in [5.74, 6) is 0.837. The average molecular weight is 219 g/mol. The van der Waals surface area contributed by atoms with Gasteiger partial charge in [0.1, 0.15) is 5.82 Å². The van der Waals surface area contributed by atoms with Gasteiger partial charge >= 0.3 is 0 Å². The second-order valence-electron chi connectivity index (χ2n) is 3.41. The van der Waals surface area contributed by atoms with Gasteiger partial charge in [-0.05, 0) is 36.2 Å². The van der Waals surface area contributed by atoms with Gasteiger partial charge in [-0.25, -0.2) is 4.98 Å². The van der Waals surface area contributed by atoms with Crippen molar-refractivity contribution < 1.29 is 0 Å². The number of aromatic nitrogens is 2. The van der Waals surface area contributed by atoms with Gasteiger partial charge in [0.25, 0.3) is 0 Å². The van der Waals surface area contributed by atoms with E-state index in [2.05, 4.69) is 32.1 Å². The summed E-state index contributed by atoms with van der Waals surface area (Å²) in [6, 6.07) is 2.10. The lowest BCUT2D eigenvalue weighted by molar-refractivity contribution is 1.02. The Balaban J connectivity index is 2.02. The molecule has 15 heavy (non-hydrogen) atoms. The standard InChI is InChI=1S/C11H13N3S/c1-8-9(2)14-11(6-12-8)13-5-10-3-4-15-7-10/h3-4,6-7H,5H2,1-2H3,(H,13,14). The molecule has 3 nitrogen and oxygen atoms in total. The molecular weight excluding hydrogens is 206 g/mol. The number of aryl methyl sites for hydroxylation is 2. The Morgan fingerprint density at radius 3 is 2.87 bits per heavy atom. The Morgan fingerprint density at radius 2 is 2.20 bits per heavy atom. The first-order chi connectivity index (χ1) is 7.25. The summed E-state index contributed by atoms with van der Waals surface area (Å²) in [7, 11) is 0. The molecule has 0 aromatic carbocycles. The van der Waals surface area contributed by atoms with Crippen molar-refractivity contribution in [3.8, 4) is 0 Å². The summed E-state index contributed by atoms with van der Waals surface area (Å²) >= 11 is 1.70. The molecule has 0 aliphatic rings. The fraction of sp³-hybridized carbons (Fsp3) is 0.273. The summed E-state index contributed by atoms with van der Waals surface area (Å²) in [6.07, 6.45) is 1.77. The van der Waals surface area contributed by atoms with Crippen molar-refractivity contribution >= 4 is 17.2 Å². The molecule has 1 N–H and O–H groups in total. The maximum Gasteiger partial charge on any atom is 0.145 e. The molecule has 0 saturated heterocycles. The molecule has 0 unspecified atom stereocenters. The van der Waals surface area contributed by atoms with Crippen LogP contribution in [0.1, 0.15) is 17.0 Å². The van der Waals surface area contributed by atoms with Gasteiger partial charge in [-0.2, -0.15) is 11.3 Å². The van der Waals surface area contributed by atoms with Crippen LogP contribution in [0.25, 0.3) is 0 Å². The van der Waals surface area contributed by atoms with E-state index in [1.807, 2.05) is 13.8 Å². The van der Waals surface area contributed by atoms with Gasteiger partial charge < -0.3 is 5.32 Å². The molecule has 4 heteroatoms. The monoisotopic (exact) mass is 219 g/mol. The highest BCUT2D eigenvalue weighted by molar-refractivity contribution is 7.07. The van der Waals surface area contributed by atoms with E-state index in [4.69, 9.17) is 0 Å². The van der Waals surface area contributed by atoms with Gasteiger partial charge in [-0.3, -0.25) is 4.98 Å². The van der Waals surface area contributed by atoms with Crippen LogP contribution in [0.2, 0.25) is 0 Å². The molecule has 2 heterocycles. The smallest absolute Gasteiger partial charge is 0.145 e. The van der Waals surface area contributed by atoms with Crippen LogP contribution in [-0.2, 0) is 6.54 Å². The van der Waals surface area contributed by atoms with E-state index in [1.54, 1.807) is 17.5 Å². The van der Waals surface area contributed by atoms with Crippen LogP contribution >= 0.6 is 11.3 Å². The van der Waals surface area contributed by atoms with Crippen LogP contribution in [0, 0.1) is 13.8 Å². The molecule has 2 aromatic rings. The number of nitrogens with zero attached hydrogens (tertiary/aromatic N) is 2. The third kappa shape index (κ3) is 2.53. The predicted octanol–water partition coefficient (Wildman–Crippen LogP) is 2.77. The minimum Gasteiger partial charge on any atom is -0.365 e. The van der Waals surface area contributed by atoms with E-state index in [0.717, 1.165) is 23.8 Å². The highest BCUT2D eigenvalue weighted by Crippen LogP contribution is 2.10. The van der Waals surface area contributed by atoms with E-state index in [9.17, 15) is 0 Å². The van der Waals surface area contributed by atoms with Gasteiger partial charge in [0.05, 0.1) is 17.6 Å². The number of rotatable bonds is 3. The molecule has 0 atom stereocenters. The minimum absolute atomic E-state index is 0.806. The van der Waals surface area contributed by atoms with Crippen molar-refractivity contribution in [3.63, 3.8) is 0 Å². The molecule has 0 fully saturated rings. The van der Waals surface area contributed by atoms with Crippen LogP contribution in [0.5, 0.6) is 0 Å². The lowest BCUT2D eigenvalue weighted by Gasteiger charge is -2.05. The molecule has 0 spiro atoms. The summed E-state index contributed by atoms with van der Waals surface area (Å²) in [5, 5.41) is 7.45. The quantitative estimate of drug-likeness (QED) is 0.862. The number of thiophene rings is 1. The highest BCUT2D eigenvalue weighted by atomic mass is 32.1. The number of nitrogens with one attached hydrogen (secondary N) is 1. The summed E-state index contributed by atoms with van der Waals surface area (Å²) in [4.78, 5) is 8.66. The van der Waals surface area contributed by atoms with Crippen molar-refractivity contribution in [2.75, 3.05) is 5.32 Å². The van der Waals surface area contributed by atoms with Crippen LogP contribution in [0.3, 0.4) is 0 Å². The first kappa shape index (κ1) is 10.1. The molecule has 2 aromatic heterocycles. The number of hydrogen-bond donors (Lipinski definition) is 1. The van der Waals surface area contributed by atoms with Gasteiger partial charge in [0.15, 0.2) is 0 Å². The van der Waals surface area contributed by atoms with Gasteiger partial charge in [-0.1, -0.05) is 0 Å². The van der Waals surface area contributed by atoms with Crippen molar-refractivity contribution in [1.82, 2.24) is 9.97 Å². The van der Waals surface area contributed by atoms with Gasteiger partial charge in [0, 0.05) is 6.54 Å². The zero-order valence-electron chi connectivity index (χ0n) is 8.82. The maximum absolute atomic E-state index is 4.40. The van der Waals surface area contributed by atoms with Crippen LogP contribution in [0.4, 0.5) is 5.82 Å². The maximum atomic E-state index is 4.40. The third-order valence-corrected chi connectivity index (χ3v) is 2.98. The lowest BCUT2D eigenvalue weighted by Crippen LogP contribution is -2.03. The van der Waals surface area contributed by atoms with Gasteiger partial charge in [0.2, 0.25) is 0 Å². The normalized spacial score (nSPS) is 10.3. The third-order valence-electron chi connectivity index (χ3n) is 2.25. The molecule has 0 aliphatic heterocycles. The summed E-state index contributed by atoms with van der Waals surface area (Å²) < 4.78 is 0. The molecule has 78 valence electrons. The fourth-order valence-electron chi connectivity index (χ4n) is 1.21. The van der Waals surface area contributed by atoms with Crippen LogP contribution < -0.4 is 5.32 Å².